The average molecular weight is 360 g/mol. The van der Waals surface area contributed by atoms with E-state index in [1.807, 2.05) is 35.2 Å². The van der Waals surface area contributed by atoms with Gasteiger partial charge in [-0.05, 0) is 37.7 Å². The van der Waals surface area contributed by atoms with Crippen LogP contribution in [0.2, 0.25) is 0 Å². The van der Waals surface area contributed by atoms with Crippen molar-refractivity contribution in [3.8, 4) is 0 Å². The third-order valence-electron chi connectivity index (χ3n) is 5.71. The minimum Gasteiger partial charge on any atom is -0.354 e. The van der Waals surface area contributed by atoms with Crippen molar-refractivity contribution in [2.75, 3.05) is 19.6 Å². The Balaban J connectivity index is 1.72. The molecule has 0 spiro atoms. The number of nitrogens with one attached hydrogen (secondary N) is 1. The van der Waals surface area contributed by atoms with E-state index in [4.69, 9.17) is 5.73 Å². The number of carbonyl (C=O) groups excluding carboxylic acids is 2. The van der Waals surface area contributed by atoms with E-state index in [2.05, 4.69) is 19.2 Å². The van der Waals surface area contributed by atoms with E-state index in [0.29, 0.717) is 26.1 Å². The van der Waals surface area contributed by atoms with E-state index in [-0.39, 0.29) is 23.3 Å². The molecule has 144 valence electrons. The summed E-state index contributed by atoms with van der Waals surface area (Å²) in [5.41, 5.74) is 7.12. The number of hydrogen-bond acceptors (Lipinski definition) is 3. The van der Waals surface area contributed by atoms with Crippen molar-refractivity contribution in [3.05, 3.63) is 35.9 Å². The Morgan fingerprint density at radius 2 is 1.77 bits per heavy atom. The second-order valence-corrected chi connectivity index (χ2v) is 7.43. The summed E-state index contributed by atoms with van der Waals surface area (Å²) in [5.74, 6) is 0.259. The molecule has 0 unspecified atom stereocenters. The van der Waals surface area contributed by atoms with Gasteiger partial charge in [0.15, 0.2) is 0 Å². The molecule has 1 aromatic carbocycles. The van der Waals surface area contributed by atoms with Crippen LogP contribution >= 0.6 is 0 Å². The number of amides is 2. The molecule has 0 radical (unpaired) electrons. The lowest BCUT2D eigenvalue weighted by Crippen LogP contribution is -2.51. The van der Waals surface area contributed by atoms with Gasteiger partial charge in [0.2, 0.25) is 11.8 Å². The molecule has 0 aromatic heterocycles. The molecule has 26 heavy (non-hydrogen) atoms. The molecule has 3 N–H and O–H groups in total. The summed E-state index contributed by atoms with van der Waals surface area (Å²) in [5, 5.41) is 3.02. The third-order valence-corrected chi connectivity index (χ3v) is 5.71. The first kappa shape index (κ1) is 20.4. The Labute approximate surface area is 157 Å². The molecule has 5 heteroatoms. The predicted octanol–water partition coefficient (Wildman–Crippen LogP) is 2.49. The van der Waals surface area contributed by atoms with Gasteiger partial charge < -0.3 is 16.0 Å². The molecule has 5 nitrogen and oxygen atoms in total. The van der Waals surface area contributed by atoms with Gasteiger partial charge in [-0.15, -0.1) is 0 Å². The third kappa shape index (κ3) is 5.84. The molecular weight excluding hydrogens is 326 g/mol. The van der Waals surface area contributed by atoms with Crippen LogP contribution in [0.3, 0.4) is 0 Å². The molecule has 1 aliphatic heterocycles. The molecule has 1 fully saturated rings. The second-order valence-electron chi connectivity index (χ2n) is 7.43. The van der Waals surface area contributed by atoms with Gasteiger partial charge in [-0.1, -0.05) is 44.2 Å². The van der Waals surface area contributed by atoms with E-state index in [1.165, 1.54) is 5.56 Å². The van der Waals surface area contributed by atoms with Gasteiger partial charge in [-0.25, -0.2) is 0 Å². The number of nitrogens with zero attached hydrogens (tertiary/aromatic N) is 1. The van der Waals surface area contributed by atoms with Crippen LogP contribution in [0.4, 0.5) is 0 Å². The van der Waals surface area contributed by atoms with Crippen molar-refractivity contribution in [1.29, 1.82) is 0 Å². The highest BCUT2D eigenvalue weighted by atomic mass is 16.2. The molecular formula is C21H33N3O2. The van der Waals surface area contributed by atoms with Gasteiger partial charge >= 0.3 is 0 Å². The van der Waals surface area contributed by atoms with Gasteiger partial charge in [-0.3, -0.25) is 9.59 Å². The average Bonchev–Trinajstić information content (AvgIpc) is 2.70. The van der Waals surface area contributed by atoms with E-state index in [9.17, 15) is 9.59 Å². The van der Waals surface area contributed by atoms with Crippen LogP contribution in [0.1, 0.15) is 51.5 Å². The minimum atomic E-state index is -0.316. The lowest BCUT2D eigenvalue weighted by Gasteiger charge is -2.33. The van der Waals surface area contributed by atoms with Crippen molar-refractivity contribution in [3.63, 3.8) is 0 Å². The van der Waals surface area contributed by atoms with Crippen LogP contribution in [0.5, 0.6) is 0 Å². The van der Waals surface area contributed by atoms with Crippen LogP contribution in [-0.4, -0.2) is 41.9 Å². The second kappa shape index (κ2) is 9.72. The molecule has 0 aliphatic carbocycles. The SMILES string of the molecule is CCC(N)(CC)CNC(=O)C1CCN(C(=O)CCc2ccccc2)CC1. The van der Waals surface area contributed by atoms with Crippen molar-refractivity contribution >= 4 is 11.8 Å². The smallest absolute Gasteiger partial charge is 0.223 e. The van der Waals surface area contributed by atoms with Crippen LogP contribution in [0.25, 0.3) is 0 Å². The summed E-state index contributed by atoms with van der Waals surface area (Å²) < 4.78 is 0. The molecule has 0 bridgehead atoms. The molecule has 2 amide bonds. The summed E-state index contributed by atoms with van der Waals surface area (Å²) in [6.07, 6.45) is 4.46. The van der Waals surface area contributed by atoms with Crippen molar-refractivity contribution < 1.29 is 9.59 Å². The zero-order chi connectivity index (χ0) is 19.0. The van der Waals surface area contributed by atoms with Crippen LogP contribution in [-0.2, 0) is 16.0 Å². The van der Waals surface area contributed by atoms with E-state index in [1.54, 1.807) is 0 Å². The summed E-state index contributed by atoms with van der Waals surface area (Å²) in [7, 11) is 0. The maximum absolute atomic E-state index is 12.4. The maximum atomic E-state index is 12.4. The topological polar surface area (TPSA) is 75.4 Å². The van der Waals surface area contributed by atoms with Gasteiger partial charge in [-0.2, -0.15) is 0 Å². The Kier molecular flexibility index (Phi) is 7.64. The Morgan fingerprint density at radius 3 is 2.35 bits per heavy atom. The molecule has 1 aliphatic rings. The van der Waals surface area contributed by atoms with Crippen LogP contribution in [0.15, 0.2) is 30.3 Å². The van der Waals surface area contributed by atoms with Crippen LogP contribution in [0, 0.1) is 5.92 Å². The molecule has 1 heterocycles. The largest absolute Gasteiger partial charge is 0.354 e. The van der Waals surface area contributed by atoms with Gasteiger partial charge in [0, 0.05) is 37.5 Å². The predicted molar refractivity (Wildman–Crippen MR) is 105 cm³/mol. The van der Waals surface area contributed by atoms with Crippen molar-refractivity contribution in [1.82, 2.24) is 10.2 Å². The first-order chi connectivity index (χ1) is 12.5. The zero-order valence-corrected chi connectivity index (χ0v) is 16.2. The number of hydrogen-bond donors (Lipinski definition) is 2. The zero-order valence-electron chi connectivity index (χ0n) is 16.2. The number of carbonyl (C=O) groups is 2. The molecule has 1 aromatic rings. The van der Waals surface area contributed by atoms with Gasteiger partial charge in [0.05, 0.1) is 0 Å². The number of rotatable bonds is 8. The number of nitrogens with two attached hydrogens (primary N) is 1. The number of likely N-dealkylation sites (tertiary alicyclic amines) is 1. The molecule has 0 atom stereocenters. The van der Waals surface area contributed by atoms with Crippen LogP contribution < -0.4 is 11.1 Å². The first-order valence-corrected chi connectivity index (χ1v) is 9.85. The first-order valence-electron chi connectivity index (χ1n) is 9.85. The normalized spacial score (nSPS) is 15.7. The lowest BCUT2D eigenvalue weighted by atomic mass is 9.92. The fraction of sp³-hybridized carbons (Fsp3) is 0.619. The highest BCUT2D eigenvalue weighted by Gasteiger charge is 2.28. The number of aryl methyl sites for hydroxylation is 1. The Hall–Kier alpha value is -1.88. The summed E-state index contributed by atoms with van der Waals surface area (Å²) in [6.45, 7) is 5.96. The fourth-order valence-electron chi connectivity index (χ4n) is 3.35. The fourth-order valence-corrected chi connectivity index (χ4v) is 3.35. The Morgan fingerprint density at radius 1 is 1.15 bits per heavy atom. The molecule has 1 saturated heterocycles. The van der Waals surface area contributed by atoms with E-state index < -0.39 is 0 Å². The maximum Gasteiger partial charge on any atom is 0.223 e. The van der Waals surface area contributed by atoms with Crippen molar-refractivity contribution in [2.45, 2.75) is 57.9 Å². The summed E-state index contributed by atoms with van der Waals surface area (Å²) in [4.78, 5) is 26.7. The molecule has 0 saturated carbocycles. The minimum absolute atomic E-state index is 0.00821. The number of benzene rings is 1. The summed E-state index contributed by atoms with van der Waals surface area (Å²) in [6, 6.07) is 10.1. The highest BCUT2D eigenvalue weighted by molar-refractivity contribution is 5.80. The number of piperidine rings is 1. The summed E-state index contributed by atoms with van der Waals surface area (Å²) >= 11 is 0. The van der Waals surface area contributed by atoms with E-state index in [0.717, 1.165) is 32.1 Å². The van der Waals surface area contributed by atoms with Crippen molar-refractivity contribution in [2.24, 2.45) is 11.7 Å². The van der Waals surface area contributed by atoms with E-state index >= 15 is 0 Å². The van der Waals surface area contributed by atoms with Gasteiger partial charge in [0.25, 0.3) is 0 Å². The Bertz CT molecular complexity index is 576. The quantitative estimate of drug-likeness (QED) is 0.749. The lowest BCUT2D eigenvalue weighted by molar-refractivity contribution is -0.135. The highest BCUT2D eigenvalue weighted by Crippen LogP contribution is 2.19. The monoisotopic (exact) mass is 359 g/mol. The standard InChI is InChI=1S/C21H33N3O2/c1-3-21(22,4-2)16-23-20(26)18-12-14-24(15-13-18)19(25)11-10-17-8-6-5-7-9-17/h5-9,18H,3-4,10-16,22H2,1-2H3,(H,23,26). The van der Waals surface area contributed by atoms with Gasteiger partial charge in [0.1, 0.15) is 0 Å². The molecule has 2 rings (SSSR count).